The lowest BCUT2D eigenvalue weighted by Crippen LogP contribution is -2.54. The second-order valence-electron chi connectivity index (χ2n) is 14.8. The van der Waals surface area contributed by atoms with Crippen LogP contribution >= 0.6 is 0 Å². The lowest BCUT2D eigenvalue weighted by atomic mass is 9.63. The molecule has 7 aliphatic rings. The van der Waals surface area contributed by atoms with Crippen molar-refractivity contribution in [1.82, 2.24) is 15.3 Å². The van der Waals surface area contributed by atoms with Gasteiger partial charge in [0.1, 0.15) is 0 Å². The van der Waals surface area contributed by atoms with Crippen molar-refractivity contribution in [2.75, 3.05) is 46.0 Å². The van der Waals surface area contributed by atoms with Gasteiger partial charge in [0.25, 0.3) is 0 Å². The Kier molecular flexibility index (Phi) is 6.80. The fourth-order valence-corrected chi connectivity index (χ4v) is 9.59. The van der Waals surface area contributed by atoms with Gasteiger partial charge in [0.15, 0.2) is 0 Å². The van der Waals surface area contributed by atoms with Crippen molar-refractivity contribution in [3.63, 3.8) is 0 Å². The molecule has 3 aliphatic carbocycles. The van der Waals surface area contributed by atoms with Gasteiger partial charge in [-0.25, -0.2) is 0 Å². The van der Waals surface area contributed by atoms with E-state index in [0.29, 0.717) is 36.3 Å². The fraction of sp³-hybridized carbons (Fsp3) is 0.967. The minimum atomic E-state index is -4.24. The largest absolute Gasteiger partial charge is 0.392 e. The van der Waals surface area contributed by atoms with Crippen molar-refractivity contribution in [3.8, 4) is 0 Å². The molecule has 39 heavy (non-hydrogen) atoms. The molecule has 8 atom stereocenters. The van der Waals surface area contributed by atoms with Crippen molar-refractivity contribution in [2.45, 2.75) is 89.4 Å². The van der Waals surface area contributed by atoms with Gasteiger partial charge in [-0.2, -0.15) is 18.7 Å². The van der Waals surface area contributed by atoms with E-state index in [2.05, 4.69) is 17.3 Å². The van der Waals surface area contributed by atoms with Crippen LogP contribution in [-0.2, 0) is 14.4 Å². The maximum atomic E-state index is 14.4. The Morgan fingerprint density at radius 3 is 2.56 bits per heavy atom. The van der Waals surface area contributed by atoms with Crippen LogP contribution in [-0.4, -0.2) is 80.0 Å². The second kappa shape index (κ2) is 9.84. The van der Waals surface area contributed by atoms with Crippen LogP contribution in [0.5, 0.6) is 0 Å². The van der Waals surface area contributed by atoms with Gasteiger partial charge in [-0.05, 0) is 93.4 Å². The third-order valence-corrected chi connectivity index (χ3v) is 12.3. The molecule has 0 aromatic heterocycles. The highest BCUT2D eigenvalue weighted by atomic mass is 19.4. The summed E-state index contributed by atoms with van der Waals surface area (Å²) < 4.78 is 49.0. The number of nitrogens with zero attached hydrogens (tertiary/aromatic N) is 2. The number of hydroxylamine groups is 1. The van der Waals surface area contributed by atoms with E-state index in [1.807, 2.05) is 4.90 Å². The van der Waals surface area contributed by atoms with Crippen LogP contribution in [0.4, 0.5) is 13.2 Å². The van der Waals surface area contributed by atoms with Gasteiger partial charge in [0.05, 0.1) is 25.7 Å². The number of carbonyl (C=O) groups excluding carboxylic acids is 1. The normalized spacial score (nSPS) is 43.6. The molecule has 6 nitrogen and oxygen atoms in total. The van der Waals surface area contributed by atoms with E-state index in [4.69, 9.17) is 9.57 Å². The van der Waals surface area contributed by atoms with Crippen molar-refractivity contribution in [3.05, 3.63) is 0 Å². The molecule has 8 unspecified atom stereocenters. The summed E-state index contributed by atoms with van der Waals surface area (Å²) in [6, 6.07) is 0.366. The minimum Gasteiger partial charge on any atom is -0.380 e. The highest BCUT2D eigenvalue weighted by Crippen LogP contribution is 2.55. The molecule has 3 saturated carbocycles. The van der Waals surface area contributed by atoms with Crippen LogP contribution in [0.15, 0.2) is 0 Å². The van der Waals surface area contributed by atoms with Crippen LogP contribution in [0, 0.1) is 46.3 Å². The maximum Gasteiger partial charge on any atom is 0.392 e. The van der Waals surface area contributed by atoms with E-state index in [9.17, 15) is 18.0 Å². The molecule has 4 heterocycles. The number of nitrogens with one attached hydrogen (secondary N) is 1. The number of alkyl halides is 3. The molecule has 9 heteroatoms. The van der Waals surface area contributed by atoms with Crippen molar-refractivity contribution in [2.24, 2.45) is 46.3 Å². The Bertz CT molecular complexity index is 938. The number of amides is 1. The number of hydrogen-bond donors (Lipinski definition) is 1. The molecular formula is C30H46F3N3O3. The molecule has 1 N–H and O–H groups in total. The molecule has 1 spiro atoms. The molecular weight excluding hydrogens is 507 g/mol. The molecule has 7 rings (SSSR count). The van der Waals surface area contributed by atoms with Crippen LogP contribution in [0.25, 0.3) is 0 Å². The van der Waals surface area contributed by atoms with Crippen LogP contribution < -0.4 is 5.48 Å². The van der Waals surface area contributed by atoms with E-state index in [1.54, 1.807) is 0 Å². The van der Waals surface area contributed by atoms with Gasteiger partial charge < -0.3 is 19.4 Å². The summed E-state index contributed by atoms with van der Waals surface area (Å²) in [5, 5.41) is 0. The predicted molar refractivity (Wildman–Crippen MR) is 139 cm³/mol. The Labute approximate surface area is 230 Å². The lowest BCUT2D eigenvalue weighted by Gasteiger charge is -2.52. The highest BCUT2D eigenvalue weighted by molar-refractivity contribution is 5.82. The molecule has 220 valence electrons. The Balaban J connectivity index is 1.04. The minimum absolute atomic E-state index is 0.0167. The van der Waals surface area contributed by atoms with Crippen LogP contribution in [0.2, 0.25) is 0 Å². The first-order valence-electron chi connectivity index (χ1n) is 15.7. The molecule has 0 aromatic carbocycles. The van der Waals surface area contributed by atoms with Gasteiger partial charge in [-0.15, -0.1) is 0 Å². The van der Waals surface area contributed by atoms with Gasteiger partial charge in [-0.1, -0.05) is 13.3 Å². The standard InChI is InChI=1S/C30H46F3N3O3/c1-19-15-39-34-26(19)12-29(17-38-18-29)21-3-2-4-22(11-21)36-14-24-23(27(36)37)9-20(10-25(24)30(31,32)33)13-35-8-7-28(16-35)5-6-28/h19-26,34H,2-18H2,1H3. The zero-order valence-electron chi connectivity index (χ0n) is 23.4. The van der Waals surface area contributed by atoms with E-state index < -0.39 is 23.9 Å². The highest BCUT2D eigenvalue weighted by Gasteiger charge is 2.59. The number of ether oxygens (including phenoxy) is 1. The van der Waals surface area contributed by atoms with Crippen LogP contribution in [0.1, 0.15) is 71.1 Å². The predicted octanol–water partition coefficient (Wildman–Crippen LogP) is 4.64. The van der Waals surface area contributed by atoms with Gasteiger partial charge in [0.2, 0.25) is 5.91 Å². The Morgan fingerprint density at radius 1 is 1.10 bits per heavy atom. The summed E-state index contributed by atoms with van der Waals surface area (Å²) in [6.45, 7) is 7.50. The molecule has 1 amide bonds. The van der Waals surface area contributed by atoms with E-state index in [-0.39, 0.29) is 29.7 Å². The summed E-state index contributed by atoms with van der Waals surface area (Å²) >= 11 is 0. The van der Waals surface area contributed by atoms with E-state index in [0.717, 1.165) is 71.6 Å². The molecule has 0 radical (unpaired) electrons. The average molecular weight is 554 g/mol. The molecule has 4 saturated heterocycles. The third-order valence-electron chi connectivity index (χ3n) is 12.3. The quantitative estimate of drug-likeness (QED) is 0.520. The smallest absolute Gasteiger partial charge is 0.380 e. The van der Waals surface area contributed by atoms with E-state index >= 15 is 0 Å². The maximum absolute atomic E-state index is 14.4. The monoisotopic (exact) mass is 553 g/mol. The van der Waals surface area contributed by atoms with Crippen molar-refractivity contribution >= 4 is 5.91 Å². The molecule has 0 bridgehead atoms. The number of hydrogen-bond acceptors (Lipinski definition) is 5. The number of fused-ring (bicyclic) bond motifs is 1. The summed E-state index contributed by atoms with van der Waals surface area (Å²) in [5.41, 5.74) is 3.76. The number of halogens is 3. The summed E-state index contributed by atoms with van der Waals surface area (Å²) in [7, 11) is 0. The Hall–Kier alpha value is -0.900. The zero-order chi connectivity index (χ0) is 27.0. The SMILES string of the molecule is CC1CONC1CC1(C2CCCC(N3CC4C(CC(CN5CCC6(CC6)C5)CC4C(F)(F)F)C3=O)C2)COC1. The fourth-order valence-electron chi connectivity index (χ4n) is 9.59. The topological polar surface area (TPSA) is 54.0 Å². The zero-order valence-corrected chi connectivity index (χ0v) is 23.4. The first-order valence-corrected chi connectivity index (χ1v) is 15.7. The van der Waals surface area contributed by atoms with Gasteiger partial charge in [-0.3, -0.25) is 4.79 Å². The first-order chi connectivity index (χ1) is 18.6. The van der Waals surface area contributed by atoms with Crippen molar-refractivity contribution in [1.29, 1.82) is 0 Å². The van der Waals surface area contributed by atoms with E-state index in [1.165, 1.54) is 19.3 Å². The first kappa shape index (κ1) is 27.0. The number of likely N-dealkylation sites (tertiary alicyclic amines) is 2. The number of carbonyl (C=O) groups is 1. The average Bonchev–Trinajstić information content (AvgIpc) is 3.15. The summed E-state index contributed by atoms with van der Waals surface area (Å²) in [4.78, 5) is 23.7. The van der Waals surface area contributed by atoms with Gasteiger partial charge in [0, 0.05) is 43.1 Å². The van der Waals surface area contributed by atoms with Crippen molar-refractivity contribution < 1.29 is 27.5 Å². The second-order valence-corrected chi connectivity index (χ2v) is 14.8. The van der Waals surface area contributed by atoms with Crippen LogP contribution in [0.3, 0.4) is 0 Å². The molecule has 0 aromatic rings. The molecule has 7 fully saturated rings. The summed E-state index contributed by atoms with van der Waals surface area (Å²) in [6.07, 6.45) is 5.28. The lowest BCUT2D eigenvalue weighted by molar-refractivity contribution is -0.204. The molecule has 4 aliphatic heterocycles. The number of rotatable bonds is 6. The summed E-state index contributed by atoms with van der Waals surface area (Å²) in [5.74, 6) is -1.53. The van der Waals surface area contributed by atoms with Gasteiger partial charge >= 0.3 is 6.18 Å². The third kappa shape index (κ3) is 4.95. The Morgan fingerprint density at radius 2 is 1.92 bits per heavy atom.